The Labute approximate surface area is 122 Å². The summed E-state index contributed by atoms with van der Waals surface area (Å²) < 4.78 is 14.7. The molecule has 0 heterocycles. The van der Waals surface area contributed by atoms with Gasteiger partial charge in [-0.3, -0.25) is 0 Å². The molecule has 19 heavy (non-hydrogen) atoms. The number of nitrogens with one attached hydrogen (secondary N) is 1. The molecular formula is C15H21BrFNO. The van der Waals surface area contributed by atoms with Crippen LogP contribution < -0.4 is 5.32 Å². The van der Waals surface area contributed by atoms with Gasteiger partial charge in [-0.05, 0) is 38.0 Å². The fraction of sp³-hybridized carbons (Fsp3) is 0.600. The van der Waals surface area contributed by atoms with Gasteiger partial charge >= 0.3 is 0 Å². The molecule has 2 rings (SSSR count). The van der Waals surface area contributed by atoms with Crippen molar-refractivity contribution in [3.8, 4) is 0 Å². The molecule has 4 heteroatoms. The molecule has 1 saturated carbocycles. The molecule has 106 valence electrons. The topological polar surface area (TPSA) is 32.3 Å². The smallest absolute Gasteiger partial charge is 0.128 e. The molecule has 0 aliphatic heterocycles. The second-order valence-corrected chi connectivity index (χ2v) is 6.55. The van der Waals surface area contributed by atoms with Gasteiger partial charge in [0, 0.05) is 34.6 Å². The van der Waals surface area contributed by atoms with Gasteiger partial charge in [-0.15, -0.1) is 0 Å². The molecule has 0 aromatic heterocycles. The highest BCUT2D eigenvalue weighted by Crippen LogP contribution is 2.37. The van der Waals surface area contributed by atoms with E-state index in [4.69, 9.17) is 0 Å². The van der Waals surface area contributed by atoms with E-state index in [1.54, 1.807) is 6.07 Å². The third-order valence-electron chi connectivity index (χ3n) is 4.21. The highest BCUT2D eigenvalue weighted by Gasteiger charge is 2.33. The van der Waals surface area contributed by atoms with Gasteiger partial charge in [0.2, 0.25) is 0 Å². The Kier molecular flexibility index (Phi) is 4.98. The van der Waals surface area contributed by atoms with Gasteiger partial charge in [-0.1, -0.05) is 28.8 Å². The Bertz CT molecular complexity index is 432. The van der Waals surface area contributed by atoms with Crippen molar-refractivity contribution in [3.05, 3.63) is 34.1 Å². The normalized spacial score (nSPS) is 19.6. The molecule has 1 atom stereocenters. The van der Waals surface area contributed by atoms with Crippen molar-refractivity contribution < 1.29 is 9.50 Å². The fourth-order valence-electron chi connectivity index (χ4n) is 2.84. The van der Waals surface area contributed by atoms with Crippen molar-refractivity contribution in [1.29, 1.82) is 0 Å². The lowest BCUT2D eigenvalue weighted by molar-refractivity contribution is 0.125. The van der Waals surface area contributed by atoms with Crippen molar-refractivity contribution in [3.63, 3.8) is 0 Å². The van der Waals surface area contributed by atoms with Crippen molar-refractivity contribution in [2.75, 3.05) is 13.2 Å². The van der Waals surface area contributed by atoms with Gasteiger partial charge in [0.25, 0.3) is 0 Å². The van der Waals surface area contributed by atoms with Gasteiger partial charge in [0.15, 0.2) is 0 Å². The van der Waals surface area contributed by atoms with E-state index in [-0.39, 0.29) is 23.9 Å². The van der Waals surface area contributed by atoms with Crippen LogP contribution in [0.3, 0.4) is 0 Å². The van der Waals surface area contributed by atoms with E-state index in [1.165, 1.54) is 18.9 Å². The first-order chi connectivity index (χ1) is 9.06. The molecule has 1 aliphatic carbocycles. The molecule has 2 nitrogen and oxygen atoms in total. The number of aliphatic hydroxyl groups is 1. The molecule has 0 radical (unpaired) electrons. The predicted molar refractivity (Wildman–Crippen MR) is 78.5 cm³/mol. The van der Waals surface area contributed by atoms with Crippen molar-refractivity contribution in [1.82, 2.24) is 5.32 Å². The van der Waals surface area contributed by atoms with Gasteiger partial charge in [-0.2, -0.15) is 0 Å². The molecular weight excluding hydrogens is 309 g/mol. The predicted octanol–water partition coefficient (Wildman–Crippen LogP) is 3.79. The second kappa shape index (κ2) is 6.33. The molecule has 1 aliphatic rings. The largest absolute Gasteiger partial charge is 0.396 e. The lowest BCUT2D eigenvalue weighted by atomic mass is 9.87. The van der Waals surface area contributed by atoms with E-state index >= 15 is 0 Å². The van der Waals surface area contributed by atoms with Gasteiger partial charge in [0.1, 0.15) is 5.82 Å². The molecule has 0 spiro atoms. The first kappa shape index (κ1) is 14.9. The summed E-state index contributed by atoms with van der Waals surface area (Å²) >= 11 is 3.37. The Morgan fingerprint density at radius 2 is 2.11 bits per heavy atom. The zero-order valence-corrected chi connectivity index (χ0v) is 12.8. The fourth-order valence-corrected chi connectivity index (χ4v) is 3.22. The second-order valence-electron chi connectivity index (χ2n) is 5.63. The van der Waals surface area contributed by atoms with Crippen LogP contribution in [0.2, 0.25) is 0 Å². The molecule has 0 saturated heterocycles. The summed E-state index contributed by atoms with van der Waals surface area (Å²) in [4.78, 5) is 0. The Balaban J connectivity index is 2.00. The number of aliphatic hydroxyl groups excluding tert-OH is 1. The molecule has 0 bridgehead atoms. The summed E-state index contributed by atoms with van der Waals surface area (Å²) in [6, 6.07) is 4.95. The highest BCUT2D eigenvalue weighted by atomic mass is 79.9. The monoisotopic (exact) mass is 329 g/mol. The van der Waals surface area contributed by atoms with Crippen molar-refractivity contribution in [2.45, 2.75) is 38.6 Å². The number of benzene rings is 1. The maximum Gasteiger partial charge on any atom is 0.128 e. The third-order valence-corrected chi connectivity index (χ3v) is 4.70. The minimum absolute atomic E-state index is 0.00323. The molecule has 1 fully saturated rings. The summed E-state index contributed by atoms with van der Waals surface area (Å²) in [5.74, 6) is -0.187. The summed E-state index contributed by atoms with van der Waals surface area (Å²) in [6.45, 7) is 2.93. The first-order valence-electron chi connectivity index (χ1n) is 6.85. The van der Waals surface area contributed by atoms with E-state index in [0.29, 0.717) is 5.56 Å². The first-order valence-corrected chi connectivity index (χ1v) is 7.65. The maximum absolute atomic E-state index is 13.8. The van der Waals surface area contributed by atoms with E-state index < -0.39 is 0 Å². The average Bonchev–Trinajstić information content (AvgIpc) is 2.88. The summed E-state index contributed by atoms with van der Waals surface area (Å²) in [6.07, 6.45) is 4.48. The number of hydrogen-bond donors (Lipinski definition) is 2. The van der Waals surface area contributed by atoms with Crippen LogP contribution in [-0.2, 0) is 0 Å². The number of rotatable bonds is 5. The van der Waals surface area contributed by atoms with Crippen LogP contribution in [0.4, 0.5) is 4.39 Å². The molecule has 1 aromatic rings. The number of halogens is 2. The lowest BCUT2D eigenvalue weighted by Gasteiger charge is -2.29. The van der Waals surface area contributed by atoms with Crippen LogP contribution in [0.5, 0.6) is 0 Å². The quantitative estimate of drug-likeness (QED) is 0.861. The van der Waals surface area contributed by atoms with E-state index in [1.807, 2.05) is 13.0 Å². The standard InChI is InChI=1S/C15H21BrFNO/c1-11(13-8-12(16)4-5-14(13)17)18-9-15(10-19)6-2-3-7-15/h4-5,8,11,18-19H,2-3,6-7,9-10H2,1H3. The van der Waals surface area contributed by atoms with Crippen molar-refractivity contribution >= 4 is 15.9 Å². The van der Waals surface area contributed by atoms with Crippen LogP contribution in [0.1, 0.15) is 44.2 Å². The zero-order chi connectivity index (χ0) is 13.9. The molecule has 1 aromatic carbocycles. The Morgan fingerprint density at radius 1 is 1.42 bits per heavy atom. The molecule has 0 amide bonds. The van der Waals surface area contributed by atoms with E-state index in [2.05, 4.69) is 21.2 Å². The molecule has 2 N–H and O–H groups in total. The van der Waals surface area contributed by atoms with Crippen LogP contribution in [0.25, 0.3) is 0 Å². The van der Waals surface area contributed by atoms with Gasteiger partial charge in [-0.25, -0.2) is 4.39 Å². The van der Waals surface area contributed by atoms with Gasteiger partial charge in [0.05, 0.1) is 0 Å². The van der Waals surface area contributed by atoms with E-state index in [9.17, 15) is 9.50 Å². The van der Waals surface area contributed by atoms with Crippen LogP contribution in [0.15, 0.2) is 22.7 Å². The minimum Gasteiger partial charge on any atom is -0.396 e. The van der Waals surface area contributed by atoms with Crippen LogP contribution >= 0.6 is 15.9 Å². The van der Waals surface area contributed by atoms with Crippen LogP contribution in [0, 0.1) is 11.2 Å². The Morgan fingerprint density at radius 3 is 2.74 bits per heavy atom. The van der Waals surface area contributed by atoms with Crippen LogP contribution in [-0.4, -0.2) is 18.3 Å². The third kappa shape index (κ3) is 3.56. The van der Waals surface area contributed by atoms with Crippen molar-refractivity contribution in [2.24, 2.45) is 5.41 Å². The zero-order valence-electron chi connectivity index (χ0n) is 11.3. The molecule has 1 unspecified atom stereocenters. The SMILES string of the molecule is CC(NCC1(CO)CCCC1)c1cc(Br)ccc1F. The van der Waals surface area contributed by atoms with E-state index in [0.717, 1.165) is 23.9 Å². The lowest BCUT2D eigenvalue weighted by Crippen LogP contribution is -2.36. The summed E-state index contributed by atoms with van der Waals surface area (Å²) in [5, 5.41) is 13.0. The minimum atomic E-state index is -0.187. The Hall–Kier alpha value is -0.450. The highest BCUT2D eigenvalue weighted by molar-refractivity contribution is 9.10. The average molecular weight is 330 g/mol. The van der Waals surface area contributed by atoms with Gasteiger partial charge < -0.3 is 10.4 Å². The maximum atomic E-state index is 13.8. The summed E-state index contributed by atoms with van der Waals surface area (Å²) in [5.41, 5.74) is 0.664. The summed E-state index contributed by atoms with van der Waals surface area (Å²) in [7, 11) is 0. The number of hydrogen-bond acceptors (Lipinski definition) is 2.